The lowest BCUT2D eigenvalue weighted by molar-refractivity contribution is -0.00399. The van der Waals surface area contributed by atoms with E-state index >= 15 is 0 Å². The van der Waals surface area contributed by atoms with Gasteiger partial charge in [0.15, 0.2) is 0 Å². The van der Waals surface area contributed by atoms with Crippen LogP contribution in [0, 0.1) is 5.92 Å². The molecule has 0 heterocycles. The van der Waals surface area contributed by atoms with Gasteiger partial charge in [0, 0.05) is 0 Å². The molecule has 6 heteroatoms. The van der Waals surface area contributed by atoms with Crippen molar-refractivity contribution in [2.24, 2.45) is 5.92 Å². The summed E-state index contributed by atoms with van der Waals surface area (Å²) < 4.78 is 31.9. The molecular formula is C14H28F2N2O2. The first-order valence-electron chi connectivity index (χ1n) is 7.11. The van der Waals surface area contributed by atoms with E-state index in [1.165, 1.54) is 0 Å². The number of carbonyl (C=O) groups is 1. The number of hydrogen-bond acceptors (Lipinski definition) is 3. The van der Waals surface area contributed by atoms with Gasteiger partial charge in [-0.3, -0.25) is 0 Å². The van der Waals surface area contributed by atoms with Gasteiger partial charge in [0.05, 0.1) is 13.1 Å². The van der Waals surface area contributed by atoms with Crippen LogP contribution in [-0.4, -0.2) is 37.3 Å². The summed E-state index contributed by atoms with van der Waals surface area (Å²) in [4.78, 5) is 11.3. The Balaban J connectivity index is 3.92. The molecule has 0 fully saturated rings. The molecular weight excluding hydrogens is 266 g/mol. The van der Waals surface area contributed by atoms with Crippen molar-refractivity contribution >= 4 is 6.09 Å². The molecule has 0 aromatic carbocycles. The van der Waals surface area contributed by atoms with Gasteiger partial charge < -0.3 is 15.4 Å². The van der Waals surface area contributed by atoms with E-state index in [1.807, 2.05) is 6.92 Å². The van der Waals surface area contributed by atoms with Crippen LogP contribution in [0.5, 0.6) is 0 Å². The minimum Gasteiger partial charge on any atom is -0.444 e. The molecule has 20 heavy (non-hydrogen) atoms. The van der Waals surface area contributed by atoms with Gasteiger partial charge in [-0.15, -0.1) is 0 Å². The van der Waals surface area contributed by atoms with Gasteiger partial charge in [-0.05, 0) is 39.7 Å². The largest absolute Gasteiger partial charge is 0.444 e. The first kappa shape index (κ1) is 19.1. The summed E-state index contributed by atoms with van der Waals surface area (Å²) in [6, 6.07) is 0. The van der Waals surface area contributed by atoms with Crippen LogP contribution < -0.4 is 10.6 Å². The highest BCUT2D eigenvalue weighted by molar-refractivity contribution is 5.67. The molecule has 1 atom stereocenters. The maximum Gasteiger partial charge on any atom is 0.407 e. The molecule has 2 N–H and O–H groups in total. The number of halogens is 2. The summed E-state index contributed by atoms with van der Waals surface area (Å²) in [6.07, 6.45) is 1.23. The van der Waals surface area contributed by atoms with Crippen molar-refractivity contribution in [2.75, 3.05) is 19.6 Å². The van der Waals surface area contributed by atoms with Crippen LogP contribution in [0.4, 0.5) is 13.6 Å². The number of nitrogens with one attached hydrogen (secondary N) is 2. The molecule has 1 unspecified atom stereocenters. The minimum atomic E-state index is -2.98. The van der Waals surface area contributed by atoms with Crippen LogP contribution in [-0.2, 0) is 4.74 Å². The fraction of sp³-hybridized carbons (Fsp3) is 0.929. The highest BCUT2D eigenvalue weighted by atomic mass is 19.3. The molecule has 0 bridgehead atoms. The predicted molar refractivity (Wildman–Crippen MR) is 76.1 cm³/mol. The maximum absolute atomic E-state index is 13.5. The summed E-state index contributed by atoms with van der Waals surface area (Å²) in [6.45, 7) is 8.51. The monoisotopic (exact) mass is 294 g/mol. The van der Waals surface area contributed by atoms with E-state index in [0.29, 0.717) is 12.5 Å². The number of ether oxygens (including phenoxy) is 1. The second-order valence-corrected chi connectivity index (χ2v) is 6.24. The van der Waals surface area contributed by atoms with Crippen molar-refractivity contribution in [2.45, 2.75) is 59.0 Å². The fourth-order valence-corrected chi connectivity index (χ4v) is 1.67. The van der Waals surface area contributed by atoms with Crippen LogP contribution in [0.15, 0.2) is 0 Å². The van der Waals surface area contributed by atoms with Crippen LogP contribution >= 0.6 is 0 Å². The molecule has 4 nitrogen and oxygen atoms in total. The van der Waals surface area contributed by atoms with E-state index in [9.17, 15) is 13.6 Å². The Labute approximate surface area is 120 Å². The maximum atomic E-state index is 13.5. The van der Waals surface area contributed by atoms with E-state index in [0.717, 1.165) is 12.8 Å². The number of alkyl carbamates (subject to hydrolysis) is 1. The van der Waals surface area contributed by atoms with Crippen molar-refractivity contribution in [3.63, 3.8) is 0 Å². The summed E-state index contributed by atoms with van der Waals surface area (Å²) >= 11 is 0. The molecule has 0 saturated heterocycles. The third-order valence-corrected chi connectivity index (χ3v) is 2.55. The average Bonchev–Trinajstić information content (AvgIpc) is 2.24. The lowest BCUT2D eigenvalue weighted by atomic mass is 10.1. The molecule has 0 saturated carbocycles. The zero-order chi connectivity index (χ0) is 15.8. The first-order valence-corrected chi connectivity index (χ1v) is 7.11. The SMILES string of the molecule is CCCC(C)CNCC(F)(F)CNC(=O)OC(C)(C)C. The van der Waals surface area contributed by atoms with Crippen LogP contribution in [0.2, 0.25) is 0 Å². The number of hydrogen-bond donors (Lipinski definition) is 2. The normalized spacial score (nSPS) is 13.9. The third-order valence-electron chi connectivity index (χ3n) is 2.55. The zero-order valence-corrected chi connectivity index (χ0v) is 13.2. The summed E-state index contributed by atoms with van der Waals surface area (Å²) in [5, 5.41) is 4.83. The second-order valence-electron chi connectivity index (χ2n) is 6.24. The lowest BCUT2D eigenvalue weighted by Gasteiger charge is -2.22. The van der Waals surface area contributed by atoms with Gasteiger partial charge in [-0.25, -0.2) is 13.6 Å². The van der Waals surface area contributed by atoms with Crippen LogP contribution in [0.1, 0.15) is 47.5 Å². The van der Waals surface area contributed by atoms with E-state index in [2.05, 4.69) is 17.6 Å². The van der Waals surface area contributed by atoms with Gasteiger partial charge >= 0.3 is 6.09 Å². The van der Waals surface area contributed by atoms with Gasteiger partial charge in [-0.1, -0.05) is 20.3 Å². The number of carbonyl (C=O) groups excluding carboxylic acids is 1. The summed E-state index contributed by atoms with van der Waals surface area (Å²) in [7, 11) is 0. The molecule has 0 aromatic heterocycles. The van der Waals surface area contributed by atoms with Gasteiger partial charge in [-0.2, -0.15) is 0 Å². The predicted octanol–water partition coefficient (Wildman–Crippen LogP) is 3.17. The second kappa shape index (κ2) is 8.39. The van der Waals surface area contributed by atoms with Crippen LogP contribution in [0.3, 0.4) is 0 Å². The molecule has 0 aromatic rings. The molecule has 1 amide bonds. The Morgan fingerprint density at radius 2 is 1.85 bits per heavy atom. The standard InChI is InChI=1S/C14H28F2N2O2/c1-6-7-11(2)8-17-9-14(15,16)10-18-12(19)20-13(3,4)5/h11,17H,6-10H2,1-5H3,(H,18,19). The quantitative estimate of drug-likeness (QED) is 0.723. The Kier molecular flexibility index (Phi) is 8.01. The molecule has 0 rings (SSSR count). The van der Waals surface area contributed by atoms with Crippen molar-refractivity contribution in [3.8, 4) is 0 Å². The topological polar surface area (TPSA) is 50.4 Å². The highest BCUT2D eigenvalue weighted by Gasteiger charge is 2.30. The summed E-state index contributed by atoms with van der Waals surface area (Å²) in [5.74, 6) is -2.61. The smallest absolute Gasteiger partial charge is 0.407 e. The molecule has 0 radical (unpaired) electrons. The Hall–Kier alpha value is -0.910. The van der Waals surface area contributed by atoms with E-state index in [1.54, 1.807) is 20.8 Å². The van der Waals surface area contributed by atoms with Crippen molar-refractivity contribution < 1.29 is 18.3 Å². The van der Waals surface area contributed by atoms with Crippen molar-refractivity contribution in [1.29, 1.82) is 0 Å². The Morgan fingerprint density at radius 3 is 2.35 bits per heavy atom. The Bertz CT molecular complexity index is 291. The molecule has 0 aliphatic carbocycles. The number of alkyl halides is 2. The van der Waals surface area contributed by atoms with E-state index in [-0.39, 0.29) is 0 Å². The summed E-state index contributed by atoms with van der Waals surface area (Å²) in [5.41, 5.74) is -0.687. The van der Waals surface area contributed by atoms with Gasteiger partial charge in [0.1, 0.15) is 5.60 Å². The van der Waals surface area contributed by atoms with E-state index < -0.39 is 30.7 Å². The highest BCUT2D eigenvalue weighted by Crippen LogP contribution is 2.12. The lowest BCUT2D eigenvalue weighted by Crippen LogP contribution is -2.45. The van der Waals surface area contributed by atoms with Crippen molar-refractivity contribution in [3.05, 3.63) is 0 Å². The molecule has 120 valence electrons. The number of rotatable bonds is 8. The first-order chi connectivity index (χ1) is 9.06. The zero-order valence-electron chi connectivity index (χ0n) is 13.2. The fourth-order valence-electron chi connectivity index (χ4n) is 1.67. The average molecular weight is 294 g/mol. The third kappa shape index (κ3) is 11.0. The van der Waals surface area contributed by atoms with E-state index in [4.69, 9.17) is 4.74 Å². The van der Waals surface area contributed by atoms with Crippen LogP contribution in [0.25, 0.3) is 0 Å². The molecule has 0 aliphatic rings. The number of amides is 1. The molecule has 0 spiro atoms. The Morgan fingerprint density at radius 1 is 1.25 bits per heavy atom. The minimum absolute atomic E-state index is 0.370. The van der Waals surface area contributed by atoms with Crippen molar-refractivity contribution in [1.82, 2.24) is 10.6 Å². The van der Waals surface area contributed by atoms with Gasteiger partial charge in [0.25, 0.3) is 5.92 Å². The van der Waals surface area contributed by atoms with Gasteiger partial charge in [0.2, 0.25) is 0 Å². The molecule has 0 aliphatic heterocycles.